The standard InChI is InChI=1S/C15H15ClN4/c1-9-7-11(12-5-3-4-6-13(12)18-9)8-20-15(17)14(16)10(2)19-20/h3-7H,8,17H2,1-2H3. The van der Waals surface area contributed by atoms with Gasteiger partial charge in [0.1, 0.15) is 10.8 Å². The number of pyridine rings is 1. The molecule has 2 aromatic heterocycles. The molecular formula is C15H15ClN4. The van der Waals surface area contributed by atoms with E-state index in [1.54, 1.807) is 4.68 Å². The van der Waals surface area contributed by atoms with E-state index in [0.717, 1.165) is 27.9 Å². The number of hydrogen-bond donors (Lipinski definition) is 1. The minimum Gasteiger partial charge on any atom is -0.383 e. The van der Waals surface area contributed by atoms with Gasteiger partial charge in [-0.15, -0.1) is 0 Å². The van der Waals surface area contributed by atoms with Crippen LogP contribution in [-0.2, 0) is 6.54 Å². The van der Waals surface area contributed by atoms with E-state index in [-0.39, 0.29) is 0 Å². The lowest BCUT2D eigenvalue weighted by Crippen LogP contribution is -2.07. The van der Waals surface area contributed by atoms with Crippen LogP contribution in [0.25, 0.3) is 10.9 Å². The molecule has 0 aliphatic rings. The average Bonchev–Trinajstić information content (AvgIpc) is 2.66. The average molecular weight is 287 g/mol. The normalized spacial score (nSPS) is 11.2. The Labute approximate surface area is 122 Å². The van der Waals surface area contributed by atoms with Crippen molar-refractivity contribution >= 4 is 28.3 Å². The minimum atomic E-state index is 0.503. The topological polar surface area (TPSA) is 56.7 Å². The molecule has 3 aromatic rings. The second-order valence-corrected chi connectivity index (χ2v) is 5.26. The molecule has 0 bridgehead atoms. The van der Waals surface area contributed by atoms with Crippen LogP contribution in [0.2, 0.25) is 5.02 Å². The third-order valence-corrected chi connectivity index (χ3v) is 3.81. The van der Waals surface area contributed by atoms with Gasteiger partial charge in [-0.05, 0) is 31.5 Å². The Morgan fingerprint density at radius 3 is 2.70 bits per heavy atom. The summed E-state index contributed by atoms with van der Waals surface area (Å²) in [6.07, 6.45) is 0. The predicted octanol–water partition coefficient (Wildman–Crippen LogP) is 3.33. The van der Waals surface area contributed by atoms with Crippen LogP contribution >= 0.6 is 11.6 Å². The smallest absolute Gasteiger partial charge is 0.141 e. The van der Waals surface area contributed by atoms with Crippen molar-refractivity contribution in [3.8, 4) is 0 Å². The monoisotopic (exact) mass is 286 g/mol. The summed E-state index contributed by atoms with van der Waals surface area (Å²) in [5.74, 6) is 0.503. The Morgan fingerprint density at radius 1 is 1.25 bits per heavy atom. The third kappa shape index (κ3) is 2.12. The number of nitrogens with zero attached hydrogens (tertiary/aromatic N) is 3. The number of aryl methyl sites for hydroxylation is 2. The van der Waals surface area contributed by atoms with E-state index in [0.29, 0.717) is 17.4 Å². The molecule has 2 heterocycles. The molecule has 0 saturated heterocycles. The molecule has 3 rings (SSSR count). The summed E-state index contributed by atoms with van der Waals surface area (Å²) < 4.78 is 1.74. The summed E-state index contributed by atoms with van der Waals surface area (Å²) in [4.78, 5) is 4.54. The minimum absolute atomic E-state index is 0.503. The Kier molecular flexibility index (Phi) is 3.10. The zero-order chi connectivity index (χ0) is 14.3. The highest BCUT2D eigenvalue weighted by molar-refractivity contribution is 6.33. The van der Waals surface area contributed by atoms with E-state index >= 15 is 0 Å². The van der Waals surface area contributed by atoms with Gasteiger partial charge in [-0.1, -0.05) is 29.8 Å². The van der Waals surface area contributed by atoms with Crippen LogP contribution < -0.4 is 5.73 Å². The number of nitrogens with two attached hydrogens (primary N) is 1. The summed E-state index contributed by atoms with van der Waals surface area (Å²) in [5, 5.41) is 6.02. The highest BCUT2D eigenvalue weighted by Crippen LogP contribution is 2.25. The van der Waals surface area contributed by atoms with Crippen molar-refractivity contribution in [2.45, 2.75) is 20.4 Å². The Balaban J connectivity index is 2.12. The molecule has 20 heavy (non-hydrogen) atoms. The first kappa shape index (κ1) is 12.9. The number of aromatic nitrogens is 3. The van der Waals surface area contributed by atoms with Crippen LogP contribution in [0.1, 0.15) is 17.0 Å². The van der Waals surface area contributed by atoms with Gasteiger partial charge >= 0.3 is 0 Å². The van der Waals surface area contributed by atoms with Crippen molar-refractivity contribution in [3.05, 3.63) is 52.3 Å². The van der Waals surface area contributed by atoms with Gasteiger partial charge in [-0.3, -0.25) is 4.98 Å². The number of para-hydroxylation sites is 1. The Hall–Kier alpha value is -2.07. The fourth-order valence-electron chi connectivity index (χ4n) is 2.39. The van der Waals surface area contributed by atoms with Crippen LogP contribution in [-0.4, -0.2) is 14.8 Å². The largest absolute Gasteiger partial charge is 0.383 e. The summed E-state index contributed by atoms with van der Waals surface area (Å²) in [5.41, 5.74) is 9.83. The van der Waals surface area contributed by atoms with Gasteiger partial charge < -0.3 is 5.73 Å². The maximum atomic E-state index is 6.09. The van der Waals surface area contributed by atoms with Crippen molar-refractivity contribution in [2.75, 3.05) is 5.73 Å². The number of nitrogen functional groups attached to an aromatic ring is 1. The molecule has 102 valence electrons. The van der Waals surface area contributed by atoms with Crippen molar-refractivity contribution in [2.24, 2.45) is 0 Å². The van der Waals surface area contributed by atoms with Gasteiger partial charge in [-0.25, -0.2) is 4.68 Å². The fourth-order valence-corrected chi connectivity index (χ4v) is 2.52. The number of halogens is 1. The molecule has 4 nitrogen and oxygen atoms in total. The molecule has 0 fully saturated rings. The van der Waals surface area contributed by atoms with Crippen LogP contribution in [0.5, 0.6) is 0 Å². The Bertz CT molecular complexity index is 792. The van der Waals surface area contributed by atoms with Crippen molar-refractivity contribution in [1.29, 1.82) is 0 Å². The predicted molar refractivity (Wildman–Crippen MR) is 82.0 cm³/mol. The summed E-state index contributed by atoms with van der Waals surface area (Å²) >= 11 is 6.09. The van der Waals surface area contributed by atoms with E-state index in [4.69, 9.17) is 17.3 Å². The van der Waals surface area contributed by atoms with E-state index in [9.17, 15) is 0 Å². The zero-order valence-electron chi connectivity index (χ0n) is 11.4. The van der Waals surface area contributed by atoms with E-state index < -0.39 is 0 Å². The van der Waals surface area contributed by atoms with Crippen molar-refractivity contribution in [1.82, 2.24) is 14.8 Å². The molecular weight excluding hydrogens is 272 g/mol. The second-order valence-electron chi connectivity index (χ2n) is 4.88. The molecule has 1 aromatic carbocycles. The molecule has 0 saturated carbocycles. The van der Waals surface area contributed by atoms with E-state index in [1.165, 1.54) is 0 Å². The molecule has 5 heteroatoms. The zero-order valence-corrected chi connectivity index (χ0v) is 12.1. The van der Waals surface area contributed by atoms with Gasteiger partial charge in [0.2, 0.25) is 0 Å². The first-order valence-electron chi connectivity index (χ1n) is 6.40. The van der Waals surface area contributed by atoms with Crippen LogP contribution in [0, 0.1) is 13.8 Å². The first-order chi connectivity index (χ1) is 9.56. The number of hydrogen-bond acceptors (Lipinski definition) is 3. The molecule has 0 aliphatic carbocycles. The van der Waals surface area contributed by atoms with Crippen LogP contribution in [0.3, 0.4) is 0 Å². The summed E-state index contributed by atoms with van der Waals surface area (Å²) in [7, 11) is 0. The highest BCUT2D eigenvalue weighted by atomic mass is 35.5. The van der Waals surface area contributed by atoms with Gasteiger partial charge in [0, 0.05) is 11.1 Å². The first-order valence-corrected chi connectivity index (χ1v) is 6.77. The van der Waals surface area contributed by atoms with E-state index in [1.807, 2.05) is 32.0 Å². The molecule has 0 unspecified atom stereocenters. The quantitative estimate of drug-likeness (QED) is 0.786. The van der Waals surface area contributed by atoms with E-state index in [2.05, 4.69) is 22.2 Å². The Morgan fingerprint density at radius 2 is 2.00 bits per heavy atom. The van der Waals surface area contributed by atoms with Gasteiger partial charge in [0.25, 0.3) is 0 Å². The lowest BCUT2D eigenvalue weighted by molar-refractivity contribution is 0.691. The number of benzene rings is 1. The molecule has 2 N–H and O–H groups in total. The summed E-state index contributed by atoms with van der Waals surface area (Å²) in [6.45, 7) is 4.43. The van der Waals surface area contributed by atoms with Gasteiger partial charge in [-0.2, -0.15) is 5.10 Å². The molecule has 0 amide bonds. The number of fused-ring (bicyclic) bond motifs is 1. The lowest BCUT2D eigenvalue weighted by Gasteiger charge is -2.09. The number of rotatable bonds is 2. The lowest BCUT2D eigenvalue weighted by atomic mass is 10.1. The highest BCUT2D eigenvalue weighted by Gasteiger charge is 2.12. The molecule has 0 aliphatic heterocycles. The maximum absolute atomic E-state index is 6.09. The molecule has 0 atom stereocenters. The molecule has 0 radical (unpaired) electrons. The maximum Gasteiger partial charge on any atom is 0.141 e. The summed E-state index contributed by atoms with van der Waals surface area (Å²) in [6, 6.07) is 10.1. The van der Waals surface area contributed by atoms with Crippen molar-refractivity contribution < 1.29 is 0 Å². The number of anilines is 1. The fraction of sp³-hybridized carbons (Fsp3) is 0.200. The van der Waals surface area contributed by atoms with Crippen LogP contribution in [0.15, 0.2) is 30.3 Å². The van der Waals surface area contributed by atoms with Gasteiger partial charge in [0.15, 0.2) is 0 Å². The molecule has 0 spiro atoms. The van der Waals surface area contributed by atoms with Crippen LogP contribution in [0.4, 0.5) is 5.82 Å². The van der Waals surface area contributed by atoms with Gasteiger partial charge in [0.05, 0.1) is 17.8 Å². The third-order valence-electron chi connectivity index (χ3n) is 3.34. The SMILES string of the molecule is Cc1cc(Cn2nc(C)c(Cl)c2N)c2ccccc2n1. The van der Waals surface area contributed by atoms with Crippen molar-refractivity contribution in [3.63, 3.8) is 0 Å². The second kappa shape index (κ2) is 4.80.